The van der Waals surface area contributed by atoms with Gasteiger partial charge in [-0.05, 0) is 25.5 Å². The van der Waals surface area contributed by atoms with Crippen LogP contribution in [0, 0.1) is 0 Å². The highest BCUT2D eigenvalue weighted by molar-refractivity contribution is 7.16. The highest BCUT2D eigenvalue weighted by Crippen LogP contribution is 2.26. The number of fused-ring (bicyclic) bond motifs is 1. The van der Waals surface area contributed by atoms with Crippen molar-refractivity contribution in [3.05, 3.63) is 33.0 Å². The molecule has 0 bridgehead atoms. The standard InChI is InChI=1S/C14H18ClN5OS/c1-9(10-5-6-11(15)22-10)16-14(21)19(2)8-13-18-17-12-4-3-7-20(12)13/h5-6,9H,3-4,7-8H2,1-2H3,(H,16,21). The fraction of sp³-hybridized carbons (Fsp3) is 0.500. The van der Waals surface area contributed by atoms with Gasteiger partial charge in [0.2, 0.25) is 0 Å². The number of aryl methyl sites for hydroxylation is 1. The number of rotatable bonds is 4. The second-order valence-corrected chi connectivity index (χ2v) is 7.20. The maximum Gasteiger partial charge on any atom is 0.318 e. The van der Waals surface area contributed by atoms with Crippen LogP contribution in [0.5, 0.6) is 0 Å². The van der Waals surface area contributed by atoms with E-state index in [9.17, 15) is 4.79 Å². The highest BCUT2D eigenvalue weighted by atomic mass is 35.5. The number of amides is 2. The molecule has 2 aromatic heterocycles. The molecule has 0 saturated heterocycles. The summed E-state index contributed by atoms with van der Waals surface area (Å²) in [6.45, 7) is 3.34. The lowest BCUT2D eigenvalue weighted by Gasteiger charge is -2.20. The van der Waals surface area contributed by atoms with Gasteiger partial charge in [0, 0.05) is 24.9 Å². The average molecular weight is 340 g/mol. The Morgan fingerprint density at radius 1 is 1.55 bits per heavy atom. The van der Waals surface area contributed by atoms with Crippen molar-refractivity contribution in [2.45, 2.75) is 38.9 Å². The van der Waals surface area contributed by atoms with E-state index in [1.54, 1.807) is 11.9 Å². The van der Waals surface area contributed by atoms with Crippen LogP contribution in [0.3, 0.4) is 0 Å². The zero-order valence-corrected chi connectivity index (χ0v) is 14.1. The second kappa shape index (κ2) is 6.26. The third-order valence-corrected chi connectivity index (χ3v) is 5.19. The molecule has 118 valence electrons. The number of thiophene rings is 1. The molecule has 0 fully saturated rings. The summed E-state index contributed by atoms with van der Waals surface area (Å²) < 4.78 is 2.83. The Bertz CT molecular complexity index is 683. The Balaban J connectivity index is 1.59. The van der Waals surface area contributed by atoms with Crippen molar-refractivity contribution in [2.24, 2.45) is 0 Å². The van der Waals surface area contributed by atoms with Gasteiger partial charge in [-0.2, -0.15) is 0 Å². The van der Waals surface area contributed by atoms with Crippen molar-refractivity contribution in [3.63, 3.8) is 0 Å². The molecule has 0 aliphatic carbocycles. The molecule has 8 heteroatoms. The predicted molar refractivity (Wildman–Crippen MR) is 86.1 cm³/mol. The van der Waals surface area contributed by atoms with E-state index in [2.05, 4.69) is 20.1 Å². The van der Waals surface area contributed by atoms with Crippen molar-refractivity contribution in [1.29, 1.82) is 0 Å². The fourth-order valence-corrected chi connectivity index (χ4v) is 3.60. The SMILES string of the molecule is CC(NC(=O)N(C)Cc1nnc2n1CCC2)c1ccc(Cl)s1. The average Bonchev–Trinajstić information content (AvgIpc) is 3.17. The lowest BCUT2D eigenvalue weighted by molar-refractivity contribution is 0.202. The van der Waals surface area contributed by atoms with Crippen molar-refractivity contribution in [1.82, 2.24) is 25.0 Å². The van der Waals surface area contributed by atoms with Gasteiger partial charge in [-0.25, -0.2) is 4.79 Å². The lowest BCUT2D eigenvalue weighted by Crippen LogP contribution is -2.38. The molecule has 1 N–H and O–H groups in total. The van der Waals surface area contributed by atoms with Gasteiger partial charge in [0.1, 0.15) is 5.82 Å². The zero-order chi connectivity index (χ0) is 15.7. The van der Waals surface area contributed by atoms with Gasteiger partial charge in [-0.15, -0.1) is 21.5 Å². The number of hydrogen-bond acceptors (Lipinski definition) is 4. The van der Waals surface area contributed by atoms with Gasteiger partial charge < -0.3 is 14.8 Å². The molecule has 3 heterocycles. The minimum atomic E-state index is -0.132. The number of halogens is 1. The third-order valence-electron chi connectivity index (χ3n) is 3.77. The normalized spacial score (nSPS) is 14.7. The predicted octanol–water partition coefficient (Wildman–Crippen LogP) is 2.84. The molecule has 0 radical (unpaired) electrons. The smallest absolute Gasteiger partial charge is 0.318 e. The highest BCUT2D eigenvalue weighted by Gasteiger charge is 2.21. The number of urea groups is 1. The van der Waals surface area contributed by atoms with Gasteiger partial charge >= 0.3 is 6.03 Å². The Morgan fingerprint density at radius 3 is 3.09 bits per heavy atom. The molecule has 22 heavy (non-hydrogen) atoms. The van der Waals surface area contributed by atoms with Crippen molar-refractivity contribution >= 4 is 29.0 Å². The summed E-state index contributed by atoms with van der Waals surface area (Å²) in [4.78, 5) is 15.0. The van der Waals surface area contributed by atoms with Crippen molar-refractivity contribution in [2.75, 3.05) is 7.05 Å². The molecular weight excluding hydrogens is 322 g/mol. The first-order valence-corrected chi connectivity index (χ1v) is 8.42. The van der Waals surface area contributed by atoms with Crippen LogP contribution in [-0.2, 0) is 19.5 Å². The van der Waals surface area contributed by atoms with Gasteiger partial charge in [0.25, 0.3) is 0 Å². The fourth-order valence-electron chi connectivity index (χ4n) is 2.54. The van der Waals surface area contributed by atoms with E-state index < -0.39 is 0 Å². The molecule has 1 aliphatic heterocycles. The Hall–Kier alpha value is -1.60. The summed E-state index contributed by atoms with van der Waals surface area (Å²) in [7, 11) is 1.76. The van der Waals surface area contributed by atoms with Crippen LogP contribution in [0.2, 0.25) is 4.34 Å². The van der Waals surface area contributed by atoms with Gasteiger partial charge in [0.05, 0.1) is 16.9 Å². The molecule has 1 unspecified atom stereocenters. The Kier molecular flexibility index (Phi) is 4.35. The Morgan fingerprint density at radius 2 is 2.36 bits per heavy atom. The summed E-state index contributed by atoms with van der Waals surface area (Å²) in [6, 6.07) is 3.57. The molecular formula is C14H18ClN5OS. The number of nitrogens with zero attached hydrogens (tertiary/aromatic N) is 4. The van der Waals surface area contributed by atoms with E-state index in [4.69, 9.17) is 11.6 Å². The lowest BCUT2D eigenvalue weighted by atomic mass is 10.3. The van der Waals surface area contributed by atoms with Crippen molar-refractivity contribution in [3.8, 4) is 0 Å². The minimum Gasteiger partial charge on any atom is -0.331 e. The first-order chi connectivity index (χ1) is 10.5. The van der Waals surface area contributed by atoms with Crippen LogP contribution in [0.15, 0.2) is 12.1 Å². The largest absolute Gasteiger partial charge is 0.331 e. The first-order valence-electron chi connectivity index (χ1n) is 7.22. The van der Waals surface area contributed by atoms with E-state index in [1.807, 2.05) is 19.1 Å². The van der Waals surface area contributed by atoms with Crippen LogP contribution in [0.1, 0.15) is 35.9 Å². The first kappa shape index (κ1) is 15.3. The summed E-state index contributed by atoms with van der Waals surface area (Å²) in [5, 5.41) is 11.3. The summed E-state index contributed by atoms with van der Waals surface area (Å²) in [5.74, 6) is 1.86. The third kappa shape index (κ3) is 3.10. The van der Waals surface area contributed by atoms with Crippen LogP contribution >= 0.6 is 22.9 Å². The minimum absolute atomic E-state index is 0.0726. The number of hydrogen-bond donors (Lipinski definition) is 1. The van der Waals surface area contributed by atoms with Gasteiger partial charge in [0.15, 0.2) is 5.82 Å². The molecule has 6 nitrogen and oxygen atoms in total. The van der Waals surface area contributed by atoms with Gasteiger partial charge in [-0.3, -0.25) is 0 Å². The number of nitrogens with one attached hydrogen (secondary N) is 1. The molecule has 0 aromatic carbocycles. The Labute approximate surface area is 138 Å². The molecule has 2 aromatic rings. The van der Waals surface area contributed by atoms with Gasteiger partial charge in [-0.1, -0.05) is 11.6 Å². The number of carbonyl (C=O) groups is 1. The van der Waals surface area contributed by atoms with Crippen LogP contribution in [0.25, 0.3) is 0 Å². The second-order valence-electron chi connectivity index (χ2n) is 5.46. The summed E-state index contributed by atoms with van der Waals surface area (Å²) >= 11 is 7.41. The maximum atomic E-state index is 12.3. The van der Waals surface area contributed by atoms with E-state index in [1.165, 1.54) is 11.3 Å². The van der Waals surface area contributed by atoms with E-state index >= 15 is 0 Å². The van der Waals surface area contributed by atoms with Crippen LogP contribution in [0.4, 0.5) is 4.79 Å². The van der Waals surface area contributed by atoms with E-state index in [-0.39, 0.29) is 12.1 Å². The number of carbonyl (C=O) groups excluding carboxylic acids is 1. The molecule has 0 saturated carbocycles. The molecule has 2 amide bonds. The van der Waals surface area contributed by atoms with E-state index in [0.717, 1.165) is 40.2 Å². The molecule has 1 atom stereocenters. The maximum absolute atomic E-state index is 12.3. The quantitative estimate of drug-likeness (QED) is 0.931. The molecule has 3 rings (SSSR count). The van der Waals surface area contributed by atoms with Crippen LogP contribution in [-0.4, -0.2) is 32.7 Å². The van der Waals surface area contributed by atoms with E-state index in [0.29, 0.717) is 6.54 Å². The molecule has 0 spiro atoms. The van der Waals surface area contributed by atoms with Crippen LogP contribution < -0.4 is 5.32 Å². The molecule has 1 aliphatic rings. The van der Waals surface area contributed by atoms with Crippen molar-refractivity contribution < 1.29 is 4.79 Å². The topological polar surface area (TPSA) is 63.1 Å². The summed E-state index contributed by atoms with van der Waals surface area (Å²) in [5.41, 5.74) is 0. The number of aromatic nitrogens is 3. The monoisotopic (exact) mass is 339 g/mol. The summed E-state index contributed by atoms with van der Waals surface area (Å²) in [6.07, 6.45) is 2.07. The zero-order valence-electron chi connectivity index (χ0n) is 12.5.